The van der Waals surface area contributed by atoms with Crippen molar-refractivity contribution in [2.75, 3.05) is 0 Å². The minimum absolute atomic E-state index is 0.0955. The van der Waals surface area contributed by atoms with Crippen LogP contribution in [0, 0.1) is 5.82 Å². The van der Waals surface area contributed by atoms with Gasteiger partial charge in [-0.05, 0) is 60.8 Å². The van der Waals surface area contributed by atoms with Gasteiger partial charge in [-0.3, -0.25) is 0 Å². The molecule has 0 spiro atoms. The molecule has 0 radical (unpaired) electrons. The highest BCUT2D eigenvalue weighted by Gasteiger charge is 2.39. The molecule has 1 aliphatic carbocycles. The summed E-state index contributed by atoms with van der Waals surface area (Å²) in [6, 6.07) is 5.40. The molecular weight excluding hydrogens is 309 g/mol. The maximum absolute atomic E-state index is 13.5. The number of hydrogen-bond acceptors (Lipinski definition) is 1. The molecule has 2 rings (SSSR count). The molecule has 1 fully saturated rings. The van der Waals surface area contributed by atoms with E-state index in [0.29, 0.717) is 10.4 Å². The Kier molecular flexibility index (Phi) is 3.85. The molecule has 0 unspecified atom stereocenters. The standard InChI is InChI=1S/C14H19BrFN3/c1-14(2,3)19-13(17)18-12-7-9(12)8-4-5-10(15)11(16)6-8/h4-6,9,12H,7H2,1-3H3,(H3,17,18,19)/t9-,12+/m0/s1. The average molecular weight is 328 g/mol. The average Bonchev–Trinajstić information content (AvgIpc) is 2.98. The van der Waals surface area contributed by atoms with E-state index in [2.05, 4.69) is 26.2 Å². The van der Waals surface area contributed by atoms with E-state index in [4.69, 9.17) is 5.73 Å². The van der Waals surface area contributed by atoms with Gasteiger partial charge in [-0.1, -0.05) is 6.07 Å². The Bertz CT molecular complexity index is 508. The molecule has 104 valence electrons. The summed E-state index contributed by atoms with van der Waals surface area (Å²) in [6.07, 6.45) is 0.924. The fraction of sp³-hybridized carbons (Fsp3) is 0.500. The number of benzene rings is 1. The molecule has 1 aliphatic rings. The van der Waals surface area contributed by atoms with Gasteiger partial charge in [-0.2, -0.15) is 0 Å². The van der Waals surface area contributed by atoms with Crippen molar-refractivity contribution in [1.82, 2.24) is 5.32 Å². The minimum Gasteiger partial charge on any atom is -0.370 e. The van der Waals surface area contributed by atoms with Gasteiger partial charge in [0.15, 0.2) is 5.96 Å². The van der Waals surface area contributed by atoms with Crippen LogP contribution in [0.1, 0.15) is 38.7 Å². The first-order valence-corrected chi connectivity index (χ1v) is 7.12. The van der Waals surface area contributed by atoms with E-state index in [-0.39, 0.29) is 23.3 Å². The Morgan fingerprint density at radius 1 is 1.47 bits per heavy atom. The Hall–Kier alpha value is -1.10. The second-order valence-corrected chi connectivity index (χ2v) is 6.83. The number of halogens is 2. The highest BCUT2D eigenvalue weighted by atomic mass is 79.9. The Morgan fingerprint density at radius 2 is 2.16 bits per heavy atom. The lowest BCUT2D eigenvalue weighted by atomic mass is 10.1. The molecule has 1 aromatic rings. The lowest BCUT2D eigenvalue weighted by Crippen LogP contribution is -2.45. The van der Waals surface area contributed by atoms with Crippen LogP contribution in [0.3, 0.4) is 0 Å². The summed E-state index contributed by atoms with van der Waals surface area (Å²) >= 11 is 3.15. The first kappa shape index (κ1) is 14.3. The van der Waals surface area contributed by atoms with Crippen LogP contribution in [-0.4, -0.2) is 17.5 Å². The van der Waals surface area contributed by atoms with Crippen molar-refractivity contribution in [3.63, 3.8) is 0 Å². The van der Waals surface area contributed by atoms with Gasteiger partial charge in [0.05, 0.1) is 10.5 Å². The van der Waals surface area contributed by atoms with Gasteiger partial charge >= 0.3 is 0 Å². The Labute approximate surface area is 121 Å². The Morgan fingerprint density at radius 3 is 2.74 bits per heavy atom. The van der Waals surface area contributed by atoms with Crippen LogP contribution in [0.25, 0.3) is 0 Å². The normalized spacial score (nSPS) is 23.3. The number of nitrogens with two attached hydrogens (primary N) is 1. The van der Waals surface area contributed by atoms with Crippen LogP contribution < -0.4 is 11.1 Å². The van der Waals surface area contributed by atoms with Crippen LogP contribution >= 0.6 is 15.9 Å². The van der Waals surface area contributed by atoms with Crippen molar-refractivity contribution in [3.05, 3.63) is 34.1 Å². The molecule has 19 heavy (non-hydrogen) atoms. The maximum Gasteiger partial charge on any atom is 0.189 e. The first-order chi connectivity index (χ1) is 8.76. The molecule has 5 heteroatoms. The van der Waals surface area contributed by atoms with Gasteiger partial charge in [-0.15, -0.1) is 0 Å². The molecule has 1 saturated carbocycles. The summed E-state index contributed by atoms with van der Waals surface area (Å²) in [5.74, 6) is 0.508. The van der Waals surface area contributed by atoms with E-state index in [1.807, 2.05) is 26.8 Å². The summed E-state index contributed by atoms with van der Waals surface area (Å²) < 4.78 is 14.0. The van der Waals surface area contributed by atoms with Crippen LogP contribution in [0.2, 0.25) is 0 Å². The number of nitrogens with zero attached hydrogens (tertiary/aromatic N) is 1. The molecule has 0 aromatic heterocycles. The van der Waals surface area contributed by atoms with Crippen LogP contribution in [0.15, 0.2) is 27.7 Å². The van der Waals surface area contributed by atoms with Crippen molar-refractivity contribution < 1.29 is 4.39 Å². The molecule has 0 saturated heterocycles. The SMILES string of the molecule is CC(C)(C)NC(N)=N[C@@H]1C[C@H]1c1ccc(Br)c(F)c1. The highest BCUT2D eigenvalue weighted by molar-refractivity contribution is 9.10. The zero-order chi connectivity index (χ0) is 14.2. The van der Waals surface area contributed by atoms with Gasteiger partial charge in [0.25, 0.3) is 0 Å². The van der Waals surface area contributed by atoms with Gasteiger partial charge < -0.3 is 11.1 Å². The minimum atomic E-state index is -0.229. The largest absolute Gasteiger partial charge is 0.370 e. The molecule has 3 N–H and O–H groups in total. The third-order valence-corrected chi connectivity index (χ3v) is 3.58. The summed E-state index contributed by atoms with van der Waals surface area (Å²) in [7, 11) is 0. The lowest BCUT2D eigenvalue weighted by Gasteiger charge is -2.21. The van der Waals surface area contributed by atoms with Crippen molar-refractivity contribution in [3.8, 4) is 0 Å². The van der Waals surface area contributed by atoms with Crippen molar-refractivity contribution in [1.29, 1.82) is 0 Å². The van der Waals surface area contributed by atoms with Crippen molar-refractivity contribution >= 4 is 21.9 Å². The van der Waals surface area contributed by atoms with Crippen molar-refractivity contribution in [2.45, 2.75) is 44.7 Å². The van der Waals surface area contributed by atoms with Gasteiger partial charge in [0.2, 0.25) is 0 Å². The fourth-order valence-electron chi connectivity index (χ4n) is 2.02. The van der Waals surface area contributed by atoms with Gasteiger partial charge in [-0.25, -0.2) is 9.38 Å². The van der Waals surface area contributed by atoms with E-state index in [9.17, 15) is 4.39 Å². The van der Waals surface area contributed by atoms with Crippen LogP contribution in [-0.2, 0) is 0 Å². The molecule has 0 heterocycles. The number of rotatable bonds is 2. The maximum atomic E-state index is 13.5. The summed E-state index contributed by atoms with van der Waals surface area (Å²) in [6.45, 7) is 6.09. The number of nitrogens with one attached hydrogen (secondary N) is 1. The fourth-order valence-corrected chi connectivity index (χ4v) is 2.27. The predicted molar refractivity (Wildman–Crippen MR) is 79.8 cm³/mol. The topological polar surface area (TPSA) is 50.4 Å². The number of guanidine groups is 1. The quantitative estimate of drug-likeness (QED) is 0.647. The molecule has 2 atom stereocenters. The third-order valence-electron chi connectivity index (χ3n) is 2.94. The molecule has 0 bridgehead atoms. The van der Waals surface area contributed by atoms with E-state index in [1.165, 1.54) is 0 Å². The summed E-state index contributed by atoms with van der Waals surface area (Å²) in [4.78, 5) is 4.43. The van der Waals surface area contributed by atoms with Crippen molar-refractivity contribution in [2.24, 2.45) is 10.7 Å². The molecular formula is C14H19BrFN3. The number of hydrogen-bond donors (Lipinski definition) is 2. The smallest absolute Gasteiger partial charge is 0.189 e. The summed E-state index contributed by atoms with van der Waals surface area (Å²) in [5, 5.41) is 3.13. The summed E-state index contributed by atoms with van der Waals surface area (Å²) in [5.41, 5.74) is 6.74. The van der Waals surface area contributed by atoms with Crippen LogP contribution in [0.5, 0.6) is 0 Å². The second kappa shape index (κ2) is 5.12. The van der Waals surface area contributed by atoms with E-state index in [0.717, 1.165) is 12.0 Å². The molecule has 0 aliphatic heterocycles. The third kappa shape index (κ3) is 3.93. The predicted octanol–water partition coefficient (Wildman–Crippen LogP) is 3.15. The first-order valence-electron chi connectivity index (χ1n) is 6.32. The molecule has 1 aromatic carbocycles. The second-order valence-electron chi connectivity index (χ2n) is 5.97. The molecule has 3 nitrogen and oxygen atoms in total. The van der Waals surface area contributed by atoms with Crippen LogP contribution in [0.4, 0.5) is 4.39 Å². The monoisotopic (exact) mass is 327 g/mol. The lowest BCUT2D eigenvalue weighted by molar-refractivity contribution is 0.508. The number of aliphatic imine (C=N–C) groups is 1. The highest BCUT2D eigenvalue weighted by Crippen LogP contribution is 2.44. The zero-order valence-electron chi connectivity index (χ0n) is 11.4. The van der Waals surface area contributed by atoms with E-state index >= 15 is 0 Å². The van der Waals surface area contributed by atoms with E-state index < -0.39 is 0 Å². The van der Waals surface area contributed by atoms with Gasteiger partial charge in [0.1, 0.15) is 5.82 Å². The molecule has 0 amide bonds. The Balaban J connectivity index is 2.01. The zero-order valence-corrected chi connectivity index (χ0v) is 13.0. The van der Waals surface area contributed by atoms with Gasteiger partial charge in [0, 0.05) is 11.5 Å². The van der Waals surface area contributed by atoms with E-state index in [1.54, 1.807) is 12.1 Å².